The highest BCUT2D eigenvalue weighted by Crippen LogP contribution is 2.30. The van der Waals surface area contributed by atoms with Crippen LogP contribution in [0.2, 0.25) is 0 Å². The van der Waals surface area contributed by atoms with E-state index in [1.807, 2.05) is 66.7 Å². The van der Waals surface area contributed by atoms with Crippen molar-refractivity contribution in [3.05, 3.63) is 89.5 Å². The molecule has 30 heavy (non-hydrogen) atoms. The Morgan fingerprint density at radius 1 is 0.933 bits per heavy atom. The summed E-state index contributed by atoms with van der Waals surface area (Å²) in [5, 5.41) is 2.92. The third-order valence-electron chi connectivity index (χ3n) is 5.40. The number of carbonyl (C=O) groups is 1. The van der Waals surface area contributed by atoms with Gasteiger partial charge in [-0.25, -0.2) is 0 Å². The number of hydrogen-bond acceptors (Lipinski definition) is 3. The summed E-state index contributed by atoms with van der Waals surface area (Å²) in [6, 6.07) is 23.6. The third kappa shape index (κ3) is 5.01. The van der Waals surface area contributed by atoms with Crippen molar-refractivity contribution in [2.24, 2.45) is 0 Å². The van der Waals surface area contributed by atoms with Crippen LogP contribution in [0.15, 0.2) is 72.8 Å². The summed E-state index contributed by atoms with van der Waals surface area (Å²) in [4.78, 5) is 12.6. The van der Waals surface area contributed by atoms with Crippen molar-refractivity contribution in [3.63, 3.8) is 0 Å². The summed E-state index contributed by atoms with van der Waals surface area (Å²) in [6.45, 7) is 2.30. The number of nitrogens with one attached hydrogen (secondary N) is 1. The van der Waals surface area contributed by atoms with Gasteiger partial charge in [0.05, 0.1) is 0 Å². The predicted octanol–water partition coefficient (Wildman–Crippen LogP) is 5.55. The van der Waals surface area contributed by atoms with Gasteiger partial charge >= 0.3 is 0 Å². The maximum Gasteiger partial charge on any atom is 0.265 e. The molecule has 1 aliphatic carbocycles. The second-order valence-corrected chi connectivity index (χ2v) is 7.65. The summed E-state index contributed by atoms with van der Waals surface area (Å²) in [5.41, 5.74) is 4.43. The number of rotatable bonds is 7. The molecular weight excluding hydrogens is 374 g/mol. The molecule has 0 aliphatic heterocycles. The fraction of sp³-hybridized carbons (Fsp3) is 0.269. The van der Waals surface area contributed by atoms with Gasteiger partial charge in [-0.15, -0.1) is 0 Å². The van der Waals surface area contributed by atoms with Crippen LogP contribution >= 0.6 is 0 Å². The maximum absolute atomic E-state index is 12.6. The van der Waals surface area contributed by atoms with E-state index in [0.717, 1.165) is 35.6 Å². The zero-order valence-electron chi connectivity index (χ0n) is 17.3. The molecule has 0 unspecified atom stereocenters. The summed E-state index contributed by atoms with van der Waals surface area (Å²) < 4.78 is 11.8. The van der Waals surface area contributed by atoms with E-state index in [1.165, 1.54) is 24.0 Å². The quantitative estimate of drug-likeness (QED) is 0.565. The number of ether oxygens (including phenoxy) is 2. The average molecular weight is 402 g/mol. The van der Waals surface area contributed by atoms with Gasteiger partial charge in [0.25, 0.3) is 5.91 Å². The first-order valence-electron chi connectivity index (χ1n) is 10.5. The molecule has 3 aromatic rings. The lowest BCUT2D eigenvalue weighted by molar-refractivity contribution is -0.122. The van der Waals surface area contributed by atoms with Crippen molar-refractivity contribution < 1.29 is 14.3 Å². The number of benzene rings is 3. The second kappa shape index (κ2) is 9.49. The molecule has 0 saturated heterocycles. The smallest absolute Gasteiger partial charge is 0.265 e. The Hall–Kier alpha value is -3.27. The maximum atomic E-state index is 12.6. The monoisotopic (exact) mass is 401 g/mol. The normalized spacial score (nSPS) is 13.8. The van der Waals surface area contributed by atoms with E-state index in [1.54, 1.807) is 6.92 Å². The molecule has 4 nitrogen and oxygen atoms in total. The number of carbonyl (C=O) groups excluding carboxylic acids is 1. The van der Waals surface area contributed by atoms with Crippen LogP contribution in [-0.4, -0.2) is 12.0 Å². The van der Waals surface area contributed by atoms with Crippen LogP contribution in [0.3, 0.4) is 0 Å². The molecule has 0 aromatic heterocycles. The Bertz CT molecular complexity index is 983. The molecule has 0 bridgehead atoms. The van der Waals surface area contributed by atoms with Crippen LogP contribution in [0.4, 0.5) is 5.69 Å². The van der Waals surface area contributed by atoms with Crippen LogP contribution in [-0.2, 0) is 24.2 Å². The molecule has 3 aromatic carbocycles. The van der Waals surface area contributed by atoms with Gasteiger partial charge in [-0.1, -0.05) is 42.5 Å². The lowest BCUT2D eigenvalue weighted by atomic mass is 9.91. The number of hydrogen-bond donors (Lipinski definition) is 1. The fourth-order valence-electron chi connectivity index (χ4n) is 3.72. The van der Waals surface area contributed by atoms with Gasteiger partial charge in [-0.2, -0.15) is 0 Å². The van der Waals surface area contributed by atoms with Gasteiger partial charge < -0.3 is 14.8 Å². The first kappa shape index (κ1) is 20.0. The molecule has 4 heteroatoms. The van der Waals surface area contributed by atoms with Crippen LogP contribution in [0.5, 0.6) is 11.5 Å². The molecule has 1 amide bonds. The van der Waals surface area contributed by atoms with Gasteiger partial charge in [-0.3, -0.25) is 4.79 Å². The number of amides is 1. The van der Waals surface area contributed by atoms with Crippen molar-refractivity contribution in [3.8, 4) is 11.5 Å². The Morgan fingerprint density at radius 2 is 1.70 bits per heavy atom. The van der Waals surface area contributed by atoms with Gasteiger partial charge in [0, 0.05) is 5.69 Å². The molecule has 1 aliphatic rings. The van der Waals surface area contributed by atoms with Crippen LogP contribution in [0, 0.1) is 0 Å². The molecule has 0 saturated carbocycles. The lowest BCUT2D eigenvalue weighted by Gasteiger charge is -2.22. The first-order chi connectivity index (χ1) is 14.7. The first-order valence-corrected chi connectivity index (χ1v) is 10.5. The lowest BCUT2D eigenvalue weighted by Crippen LogP contribution is -2.30. The Balaban J connectivity index is 1.32. The SMILES string of the molecule is C[C@H](Oc1cccc2c1CCCC2)C(=O)Nc1ccc(OCc2ccccc2)cc1. The van der Waals surface area contributed by atoms with Gasteiger partial charge in [0.1, 0.15) is 18.1 Å². The molecule has 1 N–H and O–H groups in total. The van der Waals surface area contributed by atoms with Gasteiger partial charge in [0.2, 0.25) is 0 Å². The second-order valence-electron chi connectivity index (χ2n) is 7.65. The van der Waals surface area contributed by atoms with Crippen molar-refractivity contribution in [1.29, 1.82) is 0 Å². The summed E-state index contributed by atoms with van der Waals surface area (Å²) in [6.07, 6.45) is 3.92. The molecule has 1 atom stereocenters. The average Bonchev–Trinajstić information content (AvgIpc) is 2.79. The van der Waals surface area contributed by atoms with E-state index in [9.17, 15) is 4.79 Å². The van der Waals surface area contributed by atoms with Gasteiger partial charge in [0.15, 0.2) is 6.10 Å². The predicted molar refractivity (Wildman–Crippen MR) is 119 cm³/mol. The summed E-state index contributed by atoms with van der Waals surface area (Å²) in [5.74, 6) is 1.43. The molecule has 0 fully saturated rings. The molecule has 0 heterocycles. The number of fused-ring (bicyclic) bond motifs is 1. The minimum Gasteiger partial charge on any atom is -0.489 e. The van der Waals surface area contributed by atoms with E-state index in [2.05, 4.69) is 11.4 Å². The summed E-state index contributed by atoms with van der Waals surface area (Å²) in [7, 11) is 0. The highest BCUT2D eigenvalue weighted by atomic mass is 16.5. The Kier molecular flexibility index (Phi) is 6.33. The zero-order chi connectivity index (χ0) is 20.8. The molecular formula is C26H27NO3. The molecule has 0 spiro atoms. The third-order valence-corrected chi connectivity index (χ3v) is 5.40. The number of anilines is 1. The van der Waals surface area contributed by atoms with Crippen LogP contribution in [0.1, 0.15) is 36.5 Å². The van der Waals surface area contributed by atoms with Gasteiger partial charge in [-0.05, 0) is 79.6 Å². The van der Waals surface area contributed by atoms with Crippen LogP contribution in [0.25, 0.3) is 0 Å². The van der Waals surface area contributed by atoms with E-state index >= 15 is 0 Å². The van der Waals surface area contributed by atoms with Crippen LogP contribution < -0.4 is 14.8 Å². The van der Waals surface area contributed by atoms with E-state index in [4.69, 9.17) is 9.47 Å². The minimum absolute atomic E-state index is 0.165. The highest BCUT2D eigenvalue weighted by molar-refractivity contribution is 5.94. The summed E-state index contributed by atoms with van der Waals surface area (Å²) >= 11 is 0. The Labute approximate surface area is 177 Å². The van der Waals surface area contributed by atoms with Crippen molar-refractivity contribution in [2.45, 2.75) is 45.3 Å². The van der Waals surface area contributed by atoms with Crippen molar-refractivity contribution in [1.82, 2.24) is 0 Å². The molecule has 0 radical (unpaired) electrons. The molecule has 154 valence electrons. The minimum atomic E-state index is -0.576. The van der Waals surface area contributed by atoms with Crippen molar-refractivity contribution in [2.75, 3.05) is 5.32 Å². The number of aryl methyl sites for hydroxylation is 1. The standard InChI is InChI=1S/C26H27NO3/c1-19(30-25-13-7-11-21-10-5-6-12-24(21)25)26(28)27-22-14-16-23(17-15-22)29-18-20-8-3-2-4-9-20/h2-4,7-9,11,13-17,19H,5-6,10,12,18H2,1H3,(H,27,28)/t19-/m0/s1. The van der Waals surface area contributed by atoms with E-state index in [0.29, 0.717) is 6.61 Å². The Morgan fingerprint density at radius 3 is 2.50 bits per heavy atom. The largest absolute Gasteiger partial charge is 0.489 e. The van der Waals surface area contributed by atoms with Crippen molar-refractivity contribution >= 4 is 11.6 Å². The topological polar surface area (TPSA) is 47.6 Å². The van der Waals surface area contributed by atoms with E-state index in [-0.39, 0.29) is 5.91 Å². The highest BCUT2D eigenvalue weighted by Gasteiger charge is 2.19. The zero-order valence-corrected chi connectivity index (χ0v) is 17.3. The molecule has 4 rings (SSSR count). The van der Waals surface area contributed by atoms with E-state index < -0.39 is 6.10 Å². The fourth-order valence-corrected chi connectivity index (χ4v) is 3.72.